The summed E-state index contributed by atoms with van der Waals surface area (Å²) in [7, 11) is -3.68. The van der Waals surface area contributed by atoms with Gasteiger partial charge in [0.05, 0.1) is 10.4 Å². The van der Waals surface area contributed by atoms with E-state index in [4.69, 9.17) is 5.41 Å². The van der Waals surface area contributed by atoms with Crippen LogP contribution in [0, 0.1) is 18.3 Å². The van der Waals surface area contributed by atoms with Gasteiger partial charge < -0.3 is 5.41 Å². The number of aryl methyl sites for hydroxylation is 1. The highest BCUT2D eigenvalue weighted by Gasteiger charge is 2.25. The van der Waals surface area contributed by atoms with Gasteiger partial charge in [-0.05, 0) is 55.3 Å². The zero-order valence-electron chi connectivity index (χ0n) is 14.3. The first-order chi connectivity index (χ1) is 11.9. The molecule has 0 saturated carbocycles. The summed E-state index contributed by atoms with van der Waals surface area (Å²) in [6, 6.07) is 14.1. The zero-order chi connectivity index (χ0) is 18.0. The number of hydrogen-bond acceptors (Lipinski definition) is 4. The van der Waals surface area contributed by atoms with E-state index in [1.54, 1.807) is 35.0 Å². The Balaban J connectivity index is 2.18. The zero-order valence-corrected chi connectivity index (χ0v) is 15.1. The van der Waals surface area contributed by atoms with E-state index in [-0.39, 0.29) is 15.8 Å². The molecule has 25 heavy (non-hydrogen) atoms. The summed E-state index contributed by atoms with van der Waals surface area (Å²) in [5.41, 5.74) is 1.86. The Morgan fingerprint density at radius 3 is 2.60 bits per heavy atom. The molecule has 0 aliphatic carbocycles. The minimum Gasteiger partial charge on any atom is -0.313 e. The second-order valence-corrected chi connectivity index (χ2v) is 8.23. The van der Waals surface area contributed by atoms with Crippen molar-refractivity contribution in [1.82, 2.24) is 9.78 Å². The fraction of sp³-hybridized carbons (Fsp3) is 0.263. The van der Waals surface area contributed by atoms with Crippen LogP contribution < -0.4 is 0 Å². The molecule has 6 heteroatoms. The Labute approximate surface area is 147 Å². The first kappa shape index (κ1) is 17.4. The fourth-order valence-electron chi connectivity index (χ4n) is 2.87. The van der Waals surface area contributed by atoms with Crippen molar-refractivity contribution in [3.63, 3.8) is 0 Å². The molecule has 130 valence electrons. The molecule has 0 saturated heterocycles. The Bertz CT molecular complexity index is 1010. The maximum Gasteiger partial charge on any atom is 0.226 e. The highest BCUT2D eigenvalue weighted by atomic mass is 32.2. The van der Waals surface area contributed by atoms with Crippen molar-refractivity contribution < 1.29 is 8.42 Å². The first-order valence-corrected chi connectivity index (χ1v) is 9.68. The first-order valence-electron chi connectivity index (χ1n) is 8.19. The molecular weight excluding hydrogens is 334 g/mol. The van der Waals surface area contributed by atoms with Gasteiger partial charge in [-0.1, -0.05) is 31.2 Å². The fourth-order valence-corrected chi connectivity index (χ4v) is 4.28. The molecule has 3 aromatic rings. The molecular formula is C19H21N3O2S. The van der Waals surface area contributed by atoms with Crippen molar-refractivity contribution in [1.29, 1.82) is 5.41 Å². The summed E-state index contributed by atoms with van der Waals surface area (Å²) in [6.45, 7) is 4.57. The third kappa shape index (κ3) is 3.35. The van der Waals surface area contributed by atoms with Gasteiger partial charge in [0.2, 0.25) is 9.84 Å². The van der Waals surface area contributed by atoms with Crippen LogP contribution in [0.3, 0.4) is 0 Å². The minimum absolute atomic E-state index is 0.0933. The Morgan fingerprint density at radius 1 is 1.20 bits per heavy atom. The van der Waals surface area contributed by atoms with Crippen LogP contribution in [-0.2, 0) is 16.4 Å². The van der Waals surface area contributed by atoms with Crippen molar-refractivity contribution in [2.75, 3.05) is 0 Å². The van der Waals surface area contributed by atoms with Gasteiger partial charge >= 0.3 is 0 Å². The van der Waals surface area contributed by atoms with Crippen molar-refractivity contribution in [3.8, 4) is 0 Å². The van der Waals surface area contributed by atoms with E-state index in [1.165, 1.54) is 6.21 Å². The van der Waals surface area contributed by atoms with Crippen LogP contribution in [0.1, 0.15) is 18.9 Å². The molecule has 5 nitrogen and oxygen atoms in total. The van der Waals surface area contributed by atoms with Gasteiger partial charge in [-0.2, -0.15) is 5.10 Å². The SMILES string of the molecule is Cc1ccc2c(S(=O)(=O)c3ccccc3)nn(CC(C)CC=N)c2c1. The average molecular weight is 355 g/mol. The Hall–Kier alpha value is -2.47. The number of aromatic nitrogens is 2. The van der Waals surface area contributed by atoms with E-state index in [0.717, 1.165) is 11.1 Å². The maximum absolute atomic E-state index is 13.0. The molecule has 1 unspecified atom stereocenters. The Morgan fingerprint density at radius 2 is 1.92 bits per heavy atom. The monoisotopic (exact) mass is 355 g/mol. The standard InChI is InChI=1S/C19H21N3O2S/c1-14-8-9-17-18(12-14)22(13-15(2)10-11-20)21-19(17)25(23,24)16-6-4-3-5-7-16/h3-9,11-12,15,20H,10,13H2,1-2H3. The summed E-state index contributed by atoms with van der Waals surface area (Å²) in [4.78, 5) is 0.245. The number of sulfone groups is 1. The summed E-state index contributed by atoms with van der Waals surface area (Å²) in [6.07, 6.45) is 2.01. The van der Waals surface area contributed by atoms with Gasteiger partial charge in [-0.15, -0.1) is 0 Å². The van der Waals surface area contributed by atoms with E-state index >= 15 is 0 Å². The lowest BCUT2D eigenvalue weighted by atomic mass is 10.1. The van der Waals surface area contributed by atoms with Crippen LogP contribution in [0.25, 0.3) is 10.9 Å². The quantitative estimate of drug-likeness (QED) is 0.682. The van der Waals surface area contributed by atoms with Gasteiger partial charge in [0.25, 0.3) is 0 Å². The number of nitrogens with one attached hydrogen (secondary N) is 1. The molecule has 1 heterocycles. The molecule has 0 aliphatic heterocycles. The third-order valence-electron chi connectivity index (χ3n) is 4.19. The summed E-state index contributed by atoms with van der Waals surface area (Å²) >= 11 is 0. The topological polar surface area (TPSA) is 75.8 Å². The predicted octanol–water partition coefficient (Wildman–Crippen LogP) is 3.85. The summed E-state index contributed by atoms with van der Waals surface area (Å²) < 4.78 is 27.8. The van der Waals surface area contributed by atoms with Gasteiger partial charge in [0.15, 0.2) is 5.03 Å². The van der Waals surface area contributed by atoms with E-state index in [9.17, 15) is 8.42 Å². The second kappa shape index (κ2) is 6.80. The van der Waals surface area contributed by atoms with Crippen molar-refractivity contribution >= 4 is 27.0 Å². The molecule has 2 aromatic carbocycles. The van der Waals surface area contributed by atoms with Gasteiger partial charge in [0, 0.05) is 11.9 Å². The van der Waals surface area contributed by atoms with Crippen LogP contribution in [0.15, 0.2) is 58.5 Å². The van der Waals surface area contributed by atoms with Gasteiger partial charge in [-0.25, -0.2) is 8.42 Å². The largest absolute Gasteiger partial charge is 0.313 e. The van der Waals surface area contributed by atoms with E-state index in [2.05, 4.69) is 5.10 Å². The highest BCUT2D eigenvalue weighted by molar-refractivity contribution is 7.91. The van der Waals surface area contributed by atoms with Crippen molar-refractivity contribution in [2.24, 2.45) is 5.92 Å². The minimum atomic E-state index is -3.68. The second-order valence-electron chi connectivity index (χ2n) is 6.37. The molecule has 0 spiro atoms. The smallest absolute Gasteiger partial charge is 0.226 e. The lowest BCUT2D eigenvalue weighted by molar-refractivity contribution is 0.467. The van der Waals surface area contributed by atoms with Gasteiger partial charge in [0.1, 0.15) is 0 Å². The average Bonchev–Trinajstić information content (AvgIpc) is 2.94. The van der Waals surface area contributed by atoms with Crippen LogP contribution in [-0.4, -0.2) is 24.4 Å². The summed E-state index contributed by atoms with van der Waals surface area (Å²) in [5.74, 6) is 0.202. The highest BCUT2D eigenvalue weighted by Crippen LogP contribution is 2.29. The molecule has 3 rings (SSSR count). The Kier molecular flexibility index (Phi) is 4.72. The number of hydrogen-bond donors (Lipinski definition) is 1. The van der Waals surface area contributed by atoms with E-state index in [1.807, 2.05) is 32.0 Å². The number of rotatable bonds is 6. The molecule has 1 atom stereocenters. The lowest BCUT2D eigenvalue weighted by Crippen LogP contribution is -2.11. The van der Waals surface area contributed by atoms with Crippen LogP contribution in [0.4, 0.5) is 0 Å². The van der Waals surface area contributed by atoms with Crippen molar-refractivity contribution in [3.05, 3.63) is 54.1 Å². The summed E-state index contributed by atoms with van der Waals surface area (Å²) in [5, 5.41) is 12.4. The van der Waals surface area contributed by atoms with Crippen LogP contribution >= 0.6 is 0 Å². The van der Waals surface area contributed by atoms with Crippen LogP contribution in [0.5, 0.6) is 0 Å². The number of benzene rings is 2. The third-order valence-corrected chi connectivity index (χ3v) is 5.89. The molecule has 0 bridgehead atoms. The molecule has 0 amide bonds. The number of fused-ring (bicyclic) bond motifs is 1. The molecule has 1 aromatic heterocycles. The van der Waals surface area contributed by atoms with Crippen molar-refractivity contribution in [2.45, 2.75) is 36.7 Å². The molecule has 0 fully saturated rings. The van der Waals surface area contributed by atoms with E-state index < -0.39 is 9.84 Å². The molecule has 0 aliphatic rings. The lowest BCUT2D eigenvalue weighted by Gasteiger charge is -2.09. The van der Waals surface area contributed by atoms with Crippen LogP contribution in [0.2, 0.25) is 0 Å². The normalized spacial score (nSPS) is 13.0. The molecule has 1 N–H and O–H groups in total. The van der Waals surface area contributed by atoms with E-state index in [0.29, 0.717) is 18.4 Å². The number of nitrogens with zero attached hydrogens (tertiary/aromatic N) is 2. The maximum atomic E-state index is 13.0. The molecule has 0 radical (unpaired) electrons. The predicted molar refractivity (Wildman–Crippen MR) is 98.9 cm³/mol. The van der Waals surface area contributed by atoms with Gasteiger partial charge in [-0.3, -0.25) is 4.68 Å².